The summed E-state index contributed by atoms with van der Waals surface area (Å²) in [4.78, 5) is 19.9. The Morgan fingerprint density at radius 3 is 2.00 bits per heavy atom. The van der Waals surface area contributed by atoms with Crippen LogP contribution in [0.25, 0.3) is 0 Å². The van der Waals surface area contributed by atoms with Gasteiger partial charge in [-0.2, -0.15) is 0 Å². The van der Waals surface area contributed by atoms with Gasteiger partial charge in [-0.25, -0.2) is 9.38 Å². The Bertz CT molecular complexity index is 1050. The Hall–Kier alpha value is -3.58. The maximum absolute atomic E-state index is 15.2. The van der Waals surface area contributed by atoms with E-state index < -0.39 is 10.7 Å². The number of piperazine rings is 1. The molecule has 7 heteroatoms. The van der Waals surface area contributed by atoms with E-state index in [2.05, 4.69) is 9.89 Å². The molecule has 1 heterocycles. The molecule has 31 heavy (non-hydrogen) atoms. The minimum atomic E-state index is -0.580. The Balaban J connectivity index is 1.81. The summed E-state index contributed by atoms with van der Waals surface area (Å²) in [5.74, 6) is -0.580. The predicted molar refractivity (Wildman–Crippen MR) is 121 cm³/mol. The van der Waals surface area contributed by atoms with Gasteiger partial charge >= 0.3 is 0 Å². The minimum Gasteiger partial charge on any atom is -0.363 e. The van der Waals surface area contributed by atoms with E-state index >= 15 is 4.39 Å². The number of anilines is 1. The largest absolute Gasteiger partial charge is 0.363 e. The van der Waals surface area contributed by atoms with E-state index in [1.54, 1.807) is 0 Å². The Morgan fingerprint density at radius 1 is 0.935 bits per heavy atom. The Kier molecular flexibility index (Phi) is 6.04. The van der Waals surface area contributed by atoms with Crippen LogP contribution in [0.4, 0.5) is 21.5 Å². The fraction of sp³-hybridized carbons (Fsp3) is 0.208. The highest BCUT2D eigenvalue weighted by molar-refractivity contribution is 6.14. The first-order valence-electron chi connectivity index (χ1n) is 10.1. The zero-order chi connectivity index (χ0) is 21.8. The fourth-order valence-corrected chi connectivity index (χ4v) is 3.68. The first-order chi connectivity index (χ1) is 15.0. The van der Waals surface area contributed by atoms with Crippen molar-refractivity contribution in [2.75, 3.05) is 38.1 Å². The van der Waals surface area contributed by atoms with Crippen molar-refractivity contribution in [2.45, 2.75) is 0 Å². The number of likely N-dealkylation sites (N-methyl/N-ethyl adjacent to an activating group) is 1. The van der Waals surface area contributed by atoms with E-state index in [-0.39, 0.29) is 11.4 Å². The summed E-state index contributed by atoms with van der Waals surface area (Å²) < 4.78 is 15.2. The topological polar surface area (TPSA) is 62.0 Å². The molecule has 0 amide bonds. The third kappa shape index (κ3) is 4.62. The summed E-state index contributed by atoms with van der Waals surface area (Å²) in [7, 11) is 2.00. The number of nitro groups is 1. The third-order valence-electron chi connectivity index (χ3n) is 5.41. The van der Waals surface area contributed by atoms with Crippen LogP contribution in [0.2, 0.25) is 0 Å². The van der Waals surface area contributed by atoms with Crippen molar-refractivity contribution in [1.29, 1.82) is 0 Å². The summed E-state index contributed by atoms with van der Waals surface area (Å²) in [5, 5.41) is 11.8. The molecule has 6 nitrogen and oxygen atoms in total. The molecule has 0 atom stereocenters. The van der Waals surface area contributed by atoms with E-state index in [0.717, 1.165) is 24.2 Å². The predicted octanol–water partition coefficient (Wildman–Crippen LogP) is 4.65. The smallest absolute Gasteiger partial charge is 0.294 e. The standard InChI is InChI=1S/C24H23FN4O2/c1-27-12-14-28(15-13-27)22-16-20(25)21(17-23(22)29(30)31)26-24(18-8-4-2-5-9-18)19-10-6-3-7-11-19/h2-11,16-17H,12-15H2,1H3. The molecule has 3 aromatic rings. The highest BCUT2D eigenvalue weighted by Crippen LogP contribution is 2.35. The maximum atomic E-state index is 15.2. The minimum absolute atomic E-state index is 0.0488. The van der Waals surface area contributed by atoms with Crippen LogP contribution in [0.5, 0.6) is 0 Å². The molecule has 0 spiro atoms. The number of benzene rings is 3. The number of hydrogen-bond acceptors (Lipinski definition) is 5. The summed E-state index contributed by atoms with van der Waals surface area (Å²) in [5.41, 5.74) is 2.28. The van der Waals surface area contributed by atoms with Crippen LogP contribution < -0.4 is 4.90 Å². The molecule has 0 aromatic heterocycles. The fourth-order valence-electron chi connectivity index (χ4n) is 3.68. The number of hydrogen-bond donors (Lipinski definition) is 0. The summed E-state index contributed by atoms with van der Waals surface area (Å²) in [6.07, 6.45) is 0. The van der Waals surface area contributed by atoms with Crippen LogP contribution in [0, 0.1) is 15.9 Å². The molecule has 1 aliphatic heterocycles. The van der Waals surface area contributed by atoms with Gasteiger partial charge in [0.1, 0.15) is 11.4 Å². The van der Waals surface area contributed by atoms with Crippen molar-refractivity contribution < 1.29 is 9.31 Å². The van der Waals surface area contributed by atoms with Gasteiger partial charge in [-0.1, -0.05) is 60.7 Å². The Morgan fingerprint density at radius 2 is 1.48 bits per heavy atom. The highest BCUT2D eigenvalue weighted by Gasteiger charge is 2.25. The molecule has 1 aliphatic rings. The molecule has 3 aromatic carbocycles. The lowest BCUT2D eigenvalue weighted by Gasteiger charge is -2.33. The van der Waals surface area contributed by atoms with Crippen LogP contribution in [0.1, 0.15) is 11.1 Å². The average molecular weight is 418 g/mol. The molecule has 4 rings (SSSR count). The van der Waals surface area contributed by atoms with Crippen LogP contribution in [0.3, 0.4) is 0 Å². The van der Waals surface area contributed by atoms with Crippen LogP contribution >= 0.6 is 0 Å². The van der Waals surface area contributed by atoms with E-state index in [1.165, 1.54) is 12.1 Å². The van der Waals surface area contributed by atoms with Crippen molar-refractivity contribution >= 4 is 22.8 Å². The monoisotopic (exact) mass is 418 g/mol. The average Bonchev–Trinajstić information content (AvgIpc) is 2.79. The lowest BCUT2D eigenvalue weighted by molar-refractivity contribution is -0.384. The third-order valence-corrected chi connectivity index (χ3v) is 5.41. The van der Waals surface area contributed by atoms with E-state index in [4.69, 9.17) is 0 Å². The van der Waals surface area contributed by atoms with Crippen molar-refractivity contribution in [2.24, 2.45) is 4.99 Å². The number of aliphatic imine (C=N–C) groups is 1. The van der Waals surface area contributed by atoms with Gasteiger partial charge in [-0.05, 0) is 7.05 Å². The van der Waals surface area contributed by atoms with Gasteiger partial charge in [0, 0.05) is 49.4 Å². The van der Waals surface area contributed by atoms with Crippen molar-refractivity contribution in [3.8, 4) is 0 Å². The van der Waals surface area contributed by atoms with Crippen molar-refractivity contribution in [3.05, 3.63) is 99.9 Å². The number of halogens is 1. The van der Waals surface area contributed by atoms with Gasteiger partial charge in [0.2, 0.25) is 0 Å². The van der Waals surface area contributed by atoms with E-state index in [0.29, 0.717) is 24.5 Å². The van der Waals surface area contributed by atoms with Crippen LogP contribution in [-0.2, 0) is 0 Å². The van der Waals surface area contributed by atoms with E-state index in [9.17, 15) is 10.1 Å². The van der Waals surface area contributed by atoms with Gasteiger partial charge in [-0.15, -0.1) is 0 Å². The van der Waals surface area contributed by atoms with Crippen LogP contribution in [-0.4, -0.2) is 48.8 Å². The van der Waals surface area contributed by atoms with Gasteiger partial charge in [-0.3, -0.25) is 10.1 Å². The second-order valence-corrected chi connectivity index (χ2v) is 7.53. The first kappa shape index (κ1) is 20.7. The molecule has 1 saturated heterocycles. The highest BCUT2D eigenvalue weighted by atomic mass is 19.1. The molecule has 0 N–H and O–H groups in total. The lowest BCUT2D eigenvalue weighted by Crippen LogP contribution is -2.44. The zero-order valence-corrected chi connectivity index (χ0v) is 17.2. The molecule has 0 unspecified atom stereocenters. The second-order valence-electron chi connectivity index (χ2n) is 7.53. The van der Waals surface area contributed by atoms with Gasteiger partial charge < -0.3 is 9.80 Å². The molecular weight excluding hydrogens is 395 g/mol. The zero-order valence-electron chi connectivity index (χ0n) is 17.2. The van der Waals surface area contributed by atoms with Gasteiger partial charge in [0.25, 0.3) is 5.69 Å². The molecule has 0 bridgehead atoms. The van der Waals surface area contributed by atoms with Crippen molar-refractivity contribution in [3.63, 3.8) is 0 Å². The van der Waals surface area contributed by atoms with E-state index in [1.807, 2.05) is 72.6 Å². The van der Waals surface area contributed by atoms with Gasteiger partial charge in [0.15, 0.2) is 5.82 Å². The summed E-state index contributed by atoms with van der Waals surface area (Å²) >= 11 is 0. The maximum Gasteiger partial charge on any atom is 0.294 e. The SMILES string of the molecule is CN1CCN(c2cc(F)c(N=C(c3ccccc3)c3ccccc3)cc2[N+](=O)[O-])CC1. The van der Waals surface area contributed by atoms with Crippen LogP contribution in [0.15, 0.2) is 77.8 Å². The normalized spacial score (nSPS) is 14.3. The molecule has 0 aliphatic carbocycles. The molecule has 0 saturated carbocycles. The summed E-state index contributed by atoms with van der Waals surface area (Å²) in [6.45, 7) is 2.76. The first-order valence-corrected chi connectivity index (χ1v) is 10.1. The summed E-state index contributed by atoms with van der Waals surface area (Å²) in [6, 6.07) is 21.3. The number of nitrogens with zero attached hydrogens (tertiary/aromatic N) is 4. The Labute approximate surface area is 180 Å². The molecular formula is C24H23FN4O2. The van der Waals surface area contributed by atoms with Crippen molar-refractivity contribution in [1.82, 2.24) is 4.90 Å². The second kappa shape index (κ2) is 9.06. The lowest BCUT2D eigenvalue weighted by atomic mass is 10.0. The molecule has 0 radical (unpaired) electrons. The number of nitro benzene ring substituents is 1. The molecule has 158 valence electrons. The molecule has 1 fully saturated rings. The number of rotatable bonds is 5. The van der Waals surface area contributed by atoms with Gasteiger partial charge in [0.05, 0.1) is 10.6 Å². The quantitative estimate of drug-likeness (QED) is 0.344.